The molecular weight excluding hydrogens is 508 g/mol. The van der Waals surface area contributed by atoms with Crippen LogP contribution in [-0.2, 0) is 0 Å². The first-order valence-corrected chi connectivity index (χ1v) is 14.1. The van der Waals surface area contributed by atoms with Gasteiger partial charge in [0.25, 0.3) is 0 Å². The molecule has 9 aromatic rings. The SMILES string of the molecule is c1ccc(-c2nc(-n3c4ccccc4c4c5cnccc5c5sc6ccccc6c5c43)c3ccccc3n2)cc1. The molecule has 5 heteroatoms. The van der Waals surface area contributed by atoms with Gasteiger partial charge in [-0.2, -0.15) is 0 Å². The van der Waals surface area contributed by atoms with Gasteiger partial charge in [-0.15, -0.1) is 11.3 Å². The van der Waals surface area contributed by atoms with Gasteiger partial charge in [-0.25, -0.2) is 9.97 Å². The normalized spacial score (nSPS) is 12.0. The Bertz CT molecular complexity index is 2440. The third kappa shape index (κ3) is 2.92. The fourth-order valence-corrected chi connectivity index (χ4v) is 7.42. The molecule has 0 spiro atoms. The number of aromatic nitrogens is 4. The second-order valence-electron chi connectivity index (χ2n) is 10.1. The Hall–Kier alpha value is -5.13. The maximum Gasteiger partial charge on any atom is 0.162 e. The molecule has 0 aliphatic carbocycles. The van der Waals surface area contributed by atoms with E-state index in [0.29, 0.717) is 5.82 Å². The minimum absolute atomic E-state index is 0.717. The largest absolute Gasteiger partial charge is 0.292 e. The summed E-state index contributed by atoms with van der Waals surface area (Å²) in [5, 5.41) is 8.33. The molecule has 0 N–H and O–H groups in total. The van der Waals surface area contributed by atoms with Gasteiger partial charge in [-0.05, 0) is 30.3 Å². The molecule has 5 aromatic carbocycles. The number of fused-ring (bicyclic) bond motifs is 11. The molecule has 0 saturated heterocycles. The lowest BCUT2D eigenvalue weighted by molar-refractivity contribution is 1.08. The van der Waals surface area contributed by atoms with E-state index in [2.05, 4.69) is 94.5 Å². The summed E-state index contributed by atoms with van der Waals surface area (Å²) in [5.74, 6) is 1.60. The third-order valence-electron chi connectivity index (χ3n) is 7.87. The Labute approximate surface area is 232 Å². The molecule has 0 aliphatic heterocycles. The van der Waals surface area contributed by atoms with E-state index >= 15 is 0 Å². The monoisotopic (exact) mass is 528 g/mol. The fraction of sp³-hybridized carbons (Fsp3) is 0. The van der Waals surface area contributed by atoms with Crippen molar-refractivity contribution in [3.05, 3.63) is 122 Å². The van der Waals surface area contributed by atoms with E-state index in [-0.39, 0.29) is 0 Å². The van der Waals surface area contributed by atoms with Crippen molar-refractivity contribution in [2.45, 2.75) is 0 Å². The molecule has 0 fully saturated rings. The van der Waals surface area contributed by atoms with E-state index in [1.165, 1.54) is 36.3 Å². The van der Waals surface area contributed by atoms with E-state index < -0.39 is 0 Å². The number of hydrogen-bond donors (Lipinski definition) is 0. The van der Waals surface area contributed by atoms with Gasteiger partial charge in [0.05, 0.1) is 16.6 Å². The van der Waals surface area contributed by atoms with Gasteiger partial charge >= 0.3 is 0 Å². The van der Waals surface area contributed by atoms with Crippen LogP contribution in [0.3, 0.4) is 0 Å². The molecule has 40 heavy (non-hydrogen) atoms. The molecule has 4 aromatic heterocycles. The van der Waals surface area contributed by atoms with E-state index in [1.807, 2.05) is 48.0 Å². The molecule has 0 aliphatic rings. The zero-order chi connectivity index (χ0) is 26.2. The molecule has 0 saturated carbocycles. The Morgan fingerprint density at radius 2 is 1.32 bits per heavy atom. The topological polar surface area (TPSA) is 43.6 Å². The predicted molar refractivity (Wildman–Crippen MR) is 168 cm³/mol. The van der Waals surface area contributed by atoms with Crippen LogP contribution >= 0.6 is 11.3 Å². The highest BCUT2D eigenvalue weighted by Crippen LogP contribution is 2.47. The van der Waals surface area contributed by atoms with E-state index in [9.17, 15) is 0 Å². The van der Waals surface area contributed by atoms with Crippen molar-refractivity contribution >= 4 is 75.0 Å². The van der Waals surface area contributed by atoms with Gasteiger partial charge in [0.15, 0.2) is 5.82 Å². The third-order valence-corrected chi connectivity index (χ3v) is 9.07. The maximum absolute atomic E-state index is 5.30. The molecule has 9 rings (SSSR count). The first kappa shape index (κ1) is 21.8. The number of rotatable bonds is 2. The lowest BCUT2D eigenvalue weighted by Crippen LogP contribution is -2.03. The summed E-state index contributed by atoms with van der Waals surface area (Å²) >= 11 is 1.85. The van der Waals surface area contributed by atoms with Crippen molar-refractivity contribution in [3.63, 3.8) is 0 Å². The number of hydrogen-bond acceptors (Lipinski definition) is 4. The summed E-state index contributed by atoms with van der Waals surface area (Å²) < 4.78 is 4.92. The zero-order valence-electron chi connectivity index (χ0n) is 21.2. The van der Waals surface area contributed by atoms with Gasteiger partial charge in [0.1, 0.15) is 5.82 Å². The van der Waals surface area contributed by atoms with Crippen LogP contribution in [-0.4, -0.2) is 19.5 Å². The predicted octanol–water partition coefficient (Wildman–Crippen LogP) is 9.31. The fourth-order valence-electron chi connectivity index (χ4n) is 6.18. The number of benzene rings is 5. The Balaban J connectivity index is 1.58. The lowest BCUT2D eigenvalue weighted by Gasteiger charge is -2.13. The second-order valence-corrected chi connectivity index (χ2v) is 11.1. The molecule has 0 atom stereocenters. The smallest absolute Gasteiger partial charge is 0.162 e. The summed E-state index contributed by atoms with van der Waals surface area (Å²) in [6.07, 6.45) is 3.92. The molecule has 186 valence electrons. The summed E-state index contributed by atoms with van der Waals surface area (Å²) in [7, 11) is 0. The average molecular weight is 529 g/mol. The Morgan fingerprint density at radius 1 is 0.575 bits per heavy atom. The molecule has 0 amide bonds. The highest BCUT2D eigenvalue weighted by Gasteiger charge is 2.23. The summed E-state index contributed by atoms with van der Waals surface area (Å²) in [6.45, 7) is 0. The van der Waals surface area contributed by atoms with Crippen LogP contribution in [0, 0.1) is 0 Å². The lowest BCUT2D eigenvalue weighted by atomic mass is 10.0. The molecule has 4 heterocycles. The number of nitrogens with zero attached hydrogens (tertiary/aromatic N) is 4. The van der Waals surface area contributed by atoms with E-state index in [1.54, 1.807) is 0 Å². The van der Waals surface area contributed by atoms with Gasteiger partial charge in [0.2, 0.25) is 0 Å². The quantitative estimate of drug-likeness (QED) is 0.225. The van der Waals surface area contributed by atoms with Crippen LogP contribution in [0.1, 0.15) is 0 Å². The standard InChI is InChI=1S/C35H20N4S/c1-2-10-21(11-3-1)34-37-27-15-7-4-12-23(27)35(38-34)39-28-16-8-5-13-24(28)30-26-20-36-19-18-22(26)33-31(32(30)39)25-14-6-9-17-29(25)40-33/h1-20H. The Morgan fingerprint density at radius 3 is 2.23 bits per heavy atom. The summed E-state index contributed by atoms with van der Waals surface area (Å²) in [5.41, 5.74) is 4.20. The van der Waals surface area contributed by atoms with Crippen molar-refractivity contribution in [2.24, 2.45) is 0 Å². The Kier molecular flexibility index (Phi) is 4.45. The molecular formula is C35H20N4S. The van der Waals surface area contributed by atoms with Crippen LogP contribution < -0.4 is 0 Å². The zero-order valence-corrected chi connectivity index (χ0v) is 22.1. The average Bonchev–Trinajstić information content (AvgIpc) is 3.58. The summed E-state index contributed by atoms with van der Waals surface area (Å²) in [6, 6.07) is 38.1. The number of pyridine rings is 1. The van der Waals surface area contributed by atoms with Crippen LogP contribution in [0.4, 0.5) is 0 Å². The van der Waals surface area contributed by atoms with Gasteiger partial charge in [0, 0.05) is 65.1 Å². The highest BCUT2D eigenvalue weighted by atomic mass is 32.1. The van der Waals surface area contributed by atoms with E-state index in [4.69, 9.17) is 9.97 Å². The van der Waals surface area contributed by atoms with Gasteiger partial charge in [-0.1, -0.05) is 78.9 Å². The van der Waals surface area contributed by atoms with Crippen LogP contribution in [0.2, 0.25) is 0 Å². The first-order valence-electron chi connectivity index (χ1n) is 13.3. The van der Waals surface area contributed by atoms with Crippen molar-refractivity contribution in [2.75, 3.05) is 0 Å². The van der Waals surface area contributed by atoms with Gasteiger partial charge < -0.3 is 0 Å². The van der Waals surface area contributed by atoms with Crippen LogP contribution in [0.5, 0.6) is 0 Å². The minimum atomic E-state index is 0.717. The van der Waals surface area contributed by atoms with Crippen LogP contribution in [0.25, 0.3) is 80.9 Å². The van der Waals surface area contributed by atoms with Gasteiger partial charge in [-0.3, -0.25) is 9.55 Å². The number of thiophene rings is 1. The van der Waals surface area contributed by atoms with Crippen molar-refractivity contribution < 1.29 is 0 Å². The summed E-state index contributed by atoms with van der Waals surface area (Å²) in [4.78, 5) is 14.9. The number of para-hydroxylation sites is 2. The van der Waals surface area contributed by atoms with Crippen molar-refractivity contribution in [3.8, 4) is 17.2 Å². The molecule has 0 unspecified atom stereocenters. The highest BCUT2D eigenvalue weighted by molar-refractivity contribution is 7.27. The minimum Gasteiger partial charge on any atom is -0.292 e. The van der Waals surface area contributed by atoms with Crippen molar-refractivity contribution in [1.82, 2.24) is 19.5 Å². The van der Waals surface area contributed by atoms with Crippen molar-refractivity contribution in [1.29, 1.82) is 0 Å². The molecule has 0 bridgehead atoms. The maximum atomic E-state index is 5.30. The first-order chi connectivity index (χ1) is 19.9. The second kappa shape index (κ2) is 8.18. The van der Waals surface area contributed by atoms with E-state index in [0.717, 1.165) is 38.7 Å². The molecule has 0 radical (unpaired) electrons. The van der Waals surface area contributed by atoms with Crippen LogP contribution in [0.15, 0.2) is 122 Å². The molecule has 4 nitrogen and oxygen atoms in total.